The van der Waals surface area contributed by atoms with Gasteiger partial charge in [-0.1, -0.05) is 35.4 Å². The number of rotatable bonds is 5. The number of carbonyl (C=O) groups excluding carboxylic acids is 1. The molecule has 0 fully saturated rings. The van der Waals surface area contributed by atoms with Crippen molar-refractivity contribution >= 4 is 17.5 Å². The fourth-order valence-electron chi connectivity index (χ4n) is 1.87. The van der Waals surface area contributed by atoms with Gasteiger partial charge in [-0.25, -0.2) is 0 Å². The van der Waals surface area contributed by atoms with Crippen LogP contribution in [0.2, 0.25) is 5.02 Å². The summed E-state index contributed by atoms with van der Waals surface area (Å²) in [5.74, 6) is 0.607. The summed E-state index contributed by atoms with van der Waals surface area (Å²) in [5.41, 5.74) is 2.70. The zero-order valence-corrected chi connectivity index (χ0v) is 12.9. The Morgan fingerprint density at radius 3 is 2.43 bits per heavy atom. The van der Waals surface area contributed by atoms with Crippen molar-refractivity contribution in [1.82, 2.24) is 5.32 Å². The first-order chi connectivity index (χ1) is 10.1. The van der Waals surface area contributed by atoms with Crippen molar-refractivity contribution in [2.75, 3.05) is 13.2 Å². The highest BCUT2D eigenvalue weighted by atomic mass is 35.5. The lowest BCUT2D eigenvalue weighted by atomic mass is 10.1. The van der Waals surface area contributed by atoms with E-state index in [1.165, 1.54) is 5.56 Å². The van der Waals surface area contributed by atoms with E-state index >= 15 is 0 Å². The number of halogens is 1. The van der Waals surface area contributed by atoms with Crippen LogP contribution in [0.3, 0.4) is 0 Å². The first-order valence-electron chi connectivity index (χ1n) is 6.80. The second-order valence-corrected chi connectivity index (χ2v) is 5.31. The molecule has 0 heterocycles. The van der Waals surface area contributed by atoms with Gasteiger partial charge in [0.15, 0.2) is 0 Å². The van der Waals surface area contributed by atoms with Crippen LogP contribution in [0.5, 0.6) is 5.75 Å². The summed E-state index contributed by atoms with van der Waals surface area (Å²) < 4.78 is 5.55. The molecule has 0 aliphatic rings. The second-order valence-electron chi connectivity index (χ2n) is 4.90. The van der Waals surface area contributed by atoms with Gasteiger partial charge in [-0.05, 0) is 43.7 Å². The molecule has 0 spiro atoms. The van der Waals surface area contributed by atoms with E-state index in [0.717, 1.165) is 11.3 Å². The van der Waals surface area contributed by atoms with Gasteiger partial charge in [-0.2, -0.15) is 0 Å². The Balaban J connectivity index is 1.80. The Bertz CT molecular complexity index is 623. The van der Waals surface area contributed by atoms with Gasteiger partial charge >= 0.3 is 0 Å². The minimum Gasteiger partial charge on any atom is -0.492 e. The van der Waals surface area contributed by atoms with Gasteiger partial charge in [0.25, 0.3) is 5.91 Å². The fourth-order valence-corrected chi connectivity index (χ4v) is 2.19. The summed E-state index contributed by atoms with van der Waals surface area (Å²) in [7, 11) is 0. The number of ether oxygens (including phenoxy) is 1. The number of hydrogen-bond donors (Lipinski definition) is 1. The predicted octanol–water partition coefficient (Wildman–Crippen LogP) is 3.77. The van der Waals surface area contributed by atoms with E-state index in [1.807, 2.05) is 44.2 Å². The minimum absolute atomic E-state index is 0.187. The largest absolute Gasteiger partial charge is 0.492 e. The van der Waals surface area contributed by atoms with E-state index in [4.69, 9.17) is 16.3 Å². The quantitative estimate of drug-likeness (QED) is 0.854. The fraction of sp³-hybridized carbons (Fsp3) is 0.235. The Morgan fingerprint density at radius 2 is 1.76 bits per heavy atom. The standard InChI is InChI=1S/C17H18ClNO2/c1-12-3-6-14(7-4-12)21-10-9-19-17(20)15-8-5-13(2)11-16(15)18/h3-8,11H,9-10H2,1-2H3,(H,19,20). The Kier molecular flexibility index (Phi) is 5.23. The summed E-state index contributed by atoms with van der Waals surface area (Å²) in [6.45, 7) is 4.80. The zero-order chi connectivity index (χ0) is 15.2. The number of benzene rings is 2. The summed E-state index contributed by atoms with van der Waals surface area (Å²) in [6.07, 6.45) is 0. The molecule has 2 aromatic rings. The van der Waals surface area contributed by atoms with E-state index in [9.17, 15) is 4.79 Å². The van der Waals surface area contributed by atoms with Crippen LogP contribution in [0.4, 0.5) is 0 Å². The maximum atomic E-state index is 12.0. The highest BCUT2D eigenvalue weighted by Gasteiger charge is 2.09. The number of hydrogen-bond acceptors (Lipinski definition) is 2. The van der Waals surface area contributed by atoms with Crippen molar-refractivity contribution < 1.29 is 9.53 Å². The third-order valence-corrected chi connectivity index (χ3v) is 3.36. The zero-order valence-electron chi connectivity index (χ0n) is 12.2. The highest BCUT2D eigenvalue weighted by Crippen LogP contribution is 2.17. The maximum Gasteiger partial charge on any atom is 0.252 e. The normalized spacial score (nSPS) is 10.2. The first kappa shape index (κ1) is 15.4. The molecule has 0 saturated carbocycles. The Morgan fingerprint density at radius 1 is 1.10 bits per heavy atom. The van der Waals surface area contributed by atoms with Crippen LogP contribution in [-0.4, -0.2) is 19.1 Å². The van der Waals surface area contributed by atoms with E-state index in [0.29, 0.717) is 23.7 Å². The molecule has 3 nitrogen and oxygen atoms in total. The number of amides is 1. The number of carbonyl (C=O) groups is 1. The van der Waals surface area contributed by atoms with Crippen molar-refractivity contribution in [3.63, 3.8) is 0 Å². The molecule has 0 saturated heterocycles. The summed E-state index contributed by atoms with van der Waals surface area (Å²) in [4.78, 5) is 12.0. The van der Waals surface area contributed by atoms with E-state index in [1.54, 1.807) is 12.1 Å². The van der Waals surface area contributed by atoms with E-state index in [2.05, 4.69) is 5.32 Å². The molecule has 0 atom stereocenters. The Hall–Kier alpha value is -2.00. The van der Waals surface area contributed by atoms with Gasteiger partial charge in [0.2, 0.25) is 0 Å². The second kappa shape index (κ2) is 7.14. The average molecular weight is 304 g/mol. The molecule has 110 valence electrons. The predicted molar refractivity (Wildman–Crippen MR) is 85.2 cm³/mol. The van der Waals surface area contributed by atoms with Crippen molar-refractivity contribution in [2.24, 2.45) is 0 Å². The molecular formula is C17H18ClNO2. The lowest BCUT2D eigenvalue weighted by Crippen LogP contribution is -2.28. The molecule has 0 radical (unpaired) electrons. The highest BCUT2D eigenvalue weighted by molar-refractivity contribution is 6.33. The maximum absolute atomic E-state index is 12.0. The Labute approximate surface area is 129 Å². The summed E-state index contributed by atoms with van der Waals surface area (Å²) >= 11 is 6.06. The van der Waals surface area contributed by atoms with Crippen LogP contribution in [0, 0.1) is 13.8 Å². The van der Waals surface area contributed by atoms with Crippen molar-refractivity contribution in [2.45, 2.75) is 13.8 Å². The topological polar surface area (TPSA) is 38.3 Å². The summed E-state index contributed by atoms with van der Waals surface area (Å²) in [6, 6.07) is 13.2. The summed E-state index contributed by atoms with van der Waals surface area (Å²) in [5, 5.41) is 3.26. The van der Waals surface area contributed by atoms with Gasteiger partial charge in [0, 0.05) is 0 Å². The molecule has 1 amide bonds. The van der Waals surface area contributed by atoms with Crippen LogP contribution in [0.25, 0.3) is 0 Å². The molecule has 0 aromatic heterocycles. The molecule has 0 bridgehead atoms. The van der Waals surface area contributed by atoms with Crippen LogP contribution in [0.1, 0.15) is 21.5 Å². The first-order valence-corrected chi connectivity index (χ1v) is 7.18. The average Bonchev–Trinajstić information content (AvgIpc) is 2.45. The lowest BCUT2D eigenvalue weighted by Gasteiger charge is -2.09. The van der Waals surface area contributed by atoms with Crippen molar-refractivity contribution in [3.8, 4) is 5.75 Å². The number of aryl methyl sites for hydroxylation is 2. The van der Waals surface area contributed by atoms with Gasteiger partial charge in [0.05, 0.1) is 17.1 Å². The van der Waals surface area contributed by atoms with Gasteiger partial charge in [-0.3, -0.25) is 4.79 Å². The molecule has 0 unspecified atom stereocenters. The van der Waals surface area contributed by atoms with E-state index < -0.39 is 0 Å². The number of nitrogens with one attached hydrogen (secondary N) is 1. The van der Waals surface area contributed by atoms with Crippen molar-refractivity contribution in [1.29, 1.82) is 0 Å². The third-order valence-electron chi connectivity index (χ3n) is 3.05. The molecular weight excluding hydrogens is 286 g/mol. The third kappa shape index (κ3) is 4.50. The van der Waals surface area contributed by atoms with Crippen LogP contribution in [0.15, 0.2) is 42.5 Å². The monoisotopic (exact) mass is 303 g/mol. The molecule has 4 heteroatoms. The molecule has 1 N–H and O–H groups in total. The van der Waals surface area contributed by atoms with Gasteiger partial charge in [0.1, 0.15) is 12.4 Å². The molecule has 0 aliphatic heterocycles. The van der Waals surface area contributed by atoms with Gasteiger partial charge < -0.3 is 10.1 Å². The SMILES string of the molecule is Cc1ccc(OCCNC(=O)c2ccc(C)cc2Cl)cc1. The van der Waals surface area contributed by atoms with E-state index in [-0.39, 0.29) is 5.91 Å². The van der Waals surface area contributed by atoms with Crippen LogP contribution >= 0.6 is 11.6 Å². The van der Waals surface area contributed by atoms with Crippen molar-refractivity contribution in [3.05, 3.63) is 64.2 Å². The van der Waals surface area contributed by atoms with Gasteiger partial charge in [-0.15, -0.1) is 0 Å². The van der Waals surface area contributed by atoms with Crippen LogP contribution in [-0.2, 0) is 0 Å². The molecule has 0 aliphatic carbocycles. The van der Waals surface area contributed by atoms with Crippen LogP contribution < -0.4 is 10.1 Å². The molecule has 21 heavy (non-hydrogen) atoms. The lowest BCUT2D eigenvalue weighted by molar-refractivity contribution is 0.0947. The smallest absolute Gasteiger partial charge is 0.252 e. The molecule has 2 rings (SSSR count). The minimum atomic E-state index is -0.187. The molecule has 2 aromatic carbocycles.